The Kier molecular flexibility index (Phi) is 5.20. The lowest BCUT2D eigenvalue weighted by Crippen LogP contribution is -2.31. The summed E-state index contributed by atoms with van der Waals surface area (Å²) >= 11 is 0. The van der Waals surface area contributed by atoms with Gasteiger partial charge in [-0.25, -0.2) is 0 Å². The third kappa shape index (κ3) is 5.56. The molecule has 0 aliphatic rings. The van der Waals surface area contributed by atoms with Gasteiger partial charge in [-0.2, -0.15) is 0 Å². The number of hydrogen-bond donors (Lipinski definition) is 0. The highest BCUT2D eigenvalue weighted by atomic mass is 16.6. The number of hydrogen-bond acceptors (Lipinski definition) is 4. The lowest BCUT2D eigenvalue weighted by Gasteiger charge is -2.23. The van der Waals surface area contributed by atoms with E-state index in [1.54, 1.807) is 27.7 Å². The van der Waals surface area contributed by atoms with Gasteiger partial charge in [-0.15, -0.1) is 0 Å². The van der Waals surface area contributed by atoms with E-state index < -0.39 is 5.60 Å². The van der Waals surface area contributed by atoms with Crippen molar-refractivity contribution in [2.45, 2.75) is 46.1 Å². The van der Waals surface area contributed by atoms with Crippen molar-refractivity contribution >= 4 is 11.9 Å². The van der Waals surface area contributed by atoms with Crippen molar-refractivity contribution in [3.05, 3.63) is 0 Å². The Morgan fingerprint density at radius 1 is 1.14 bits per heavy atom. The average molecular weight is 202 g/mol. The Labute approximate surface area is 84.6 Å². The molecule has 0 rings (SSSR count). The first kappa shape index (κ1) is 12.9. The quantitative estimate of drug-likeness (QED) is 0.636. The van der Waals surface area contributed by atoms with E-state index in [0.717, 1.165) is 0 Å². The van der Waals surface area contributed by atoms with Gasteiger partial charge in [0.25, 0.3) is 0 Å². The first-order chi connectivity index (χ1) is 6.41. The Bertz CT molecular complexity index is 208. The fourth-order valence-electron chi connectivity index (χ4n) is 0.976. The van der Waals surface area contributed by atoms with Crippen molar-refractivity contribution in [3.8, 4) is 0 Å². The van der Waals surface area contributed by atoms with Crippen molar-refractivity contribution in [2.75, 3.05) is 6.61 Å². The second kappa shape index (κ2) is 5.62. The van der Waals surface area contributed by atoms with Crippen molar-refractivity contribution in [3.63, 3.8) is 0 Å². The largest absolute Gasteiger partial charge is 0.466 e. The molecule has 0 saturated carbocycles. The SMILES string of the molecule is CCOC(=O)CC(C)(C)OC(=O)CC. The van der Waals surface area contributed by atoms with Crippen LogP contribution in [-0.4, -0.2) is 24.1 Å². The van der Waals surface area contributed by atoms with Gasteiger partial charge in [0.1, 0.15) is 5.60 Å². The van der Waals surface area contributed by atoms with Crippen LogP contribution in [0.1, 0.15) is 40.5 Å². The zero-order chi connectivity index (χ0) is 11.2. The minimum absolute atomic E-state index is 0.0899. The van der Waals surface area contributed by atoms with Gasteiger partial charge in [0.15, 0.2) is 0 Å². The fourth-order valence-corrected chi connectivity index (χ4v) is 0.976. The highest BCUT2D eigenvalue weighted by Gasteiger charge is 2.26. The smallest absolute Gasteiger partial charge is 0.309 e. The van der Waals surface area contributed by atoms with Gasteiger partial charge in [0, 0.05) is 6.42 Å². The predicted octanol–water partition coefficient (Wildman–Crippen LogP) is 1.67. The van der Waals surface area contributed by atoms with Crippen LogP contribution in [0.2, 0.25) is 0 Å². The topological polar surface area (TPSA) is 52.6 Å². The molecule has 0 amide bonds. The van der Waals surface area contributed by atoms with Crippen LogP contribution < -0.4 is 0 Å². The molecule has 0 saturated heterocycles. The number of ether oxygens (including phenoxy) is 2. The van der Waals surface area contributed by atoms with Crippen molar-refractivity contribution < 1.29 is 19.1 Å². The maximum atomic E-state index is 11.1. The molecule has 0 atom stereocenters. The van der Waals surface area contributed by atoms with E-state index in [1.807, 2.05) is 0 Å². The summed E-state index contributed by atoms with van der Waals surface area (Å²) in [6.07, 6.45) is 0.402. The van der Waals surface area contributed by atoms with Crippen molar-refractivity contribution in [1.82, 2.24) is 0 Å². The highest BCUT2D eigenvalue weighted by Crippen LogP contribution is 2.16. The summed E-state index contributed by atoms with van der Waals surface area (Å²) in [7, 11) is 0. The molecule has 0 aromatic heterocycles. The lowest BCUT2D eigenvalue weighted by molar-refractivity contribution is -0.162. The molecule has 0 N–H and O–H groups in total. The molecular weight excluding hydrogens is 184 g/mol. The molecule has 0 aliphatic heterocycles. The minimum atomic E-state index is -0.778. The Balaban J connectivity index is 4.05. The maximum Gasteiger partial charge on any atom is 0.309 e. The van der Waals surface area contributed by atoms with Crippen LogP contribution in [-0.2, 0) is 19.1 Å². The van der Waals surface area contributed by atoms with Crippen LogP contribution in [0.25, 0.3) is 0 Å². The van der Waals surface area contributed by atoms with Crippen LogP contribution in [0.3, 0.4) is 0 Å². The minimum Gasteiger partial charge on any atom is -0.466 e. The standard InChI is InChI=1S/C10H18O4/c1-5-8(11)14-10(3,4)7-9(12)13-6-2/h5-7H2,1-4H3. The summed E-state index contributed by atoms with van der Waals surface area (Å²) in [6, 6.07) is 0. The molecule has 0 aliphatic carbocycles. The number of esters is 2. The van der Waals surface area contributed by atoms with Crippen molar-refractivity contribution in [2.24, 2.45) is 0 Å². The lowest BCUT2D eigenvalue weighted by atomic mass is 10.1. The van der Waals surface area contributed by atoms with Crippen LogP contribution in [0.5, 0.6) is 0 Å². The average Bonchev–Trinajstić information content (AvgIpc) is 2.02. The number of rotatable bonds is 5. The molecule has 0 fully saturated rings. The Morgan fingerprint density at radius 3 is 2.14 bits per heavy atom. The third-order valence-electron chi connectivity index (χ3n) is 1.55. The normalized spacial score (nSPS) is 10.9. The monoisotopic (exact) mass is 202 g/mol. The first-order valence-electron chi connectivity index (χ1n) is 4.78. The molecule has 0 aromatic carbocycles. The van der Waals surface area contributed by atoms with Crippen LogP contribution in [0.4, 0.5) is 0 Å². The summed E-state index contributed by atoms with van der Waals surface area (Å²) < 4.78 is 9.83. The van der Waals surface area contributed by atoms with Gasteiger partial charge in [-0.05, 0) is 20.8 Å². The second-order valence-electron chi connectivity index (χ2n) is 3.57. The zero-order valence-electron chi connectivity index (χ0n) is 9.25. The molecule has 4 heteroatoms. The van der Waals surface area contributed by atoms with E-state index in [1.165, 1.54) is 0 Å². The van der Waals surface area contributed by atoms with E-state index in [0.29, 0.717) is 13.0 Å². The number of carbonyl (C=O) groups is 2. The highest BCUT2D eigenvalue weighted by molar-refractivity contribution is 5.73. The molecular formula is C10H18O4. The zero-order valence-corrected chi connectivity index (χ0v) is 9.25. The van der Waals surface area contributed by atoms with Gasteiger partial charge in [-0.3, -0.25) is 9.59 Å². The van der Waals surface area contributed by atoms with Gasteiger partial charge in [-0.1, -0.05) is 6.92 Å². The summed E-state index contributed by atoms with van der Waals surface area (Å²) in [6.45, 7) is 7.18. The molecule has 0 heterocycles. The molecule has 14 heavy (non-hydrogen) atoms. The molecule has 0 radical (unpaired) electrons. The summed E-state index contributed by atoms with van der Waals surface area (Å²) in [5.74, 6) is -0.652. The number of carbonyl (C=O) groups excluding carboxylic acids is 2. The van der Waals surface area contributed by atoms with E-state index in [4.69, 9.17) is 9.47 Å². The molecule has 0 unspecified atom stereocenters. The summed E-state index contributed by atoms with van der Waals surface area (Å²) in [4.78, 5) is 22.1. The third-order valence-corrected chi connectivity index (χ3v) is 1.55. The Morgan fingerprint density at radius 2 is 1.71 bits per heavy atom. The van der Waals surface area contributed by atoms with Gasteiger partial charge < -0.3 is 9.47 Å². The Hall–Kier alpha value is -1.06. The molecule has 0 spiro atoms. The van der Waals surface area contributed by atoms with Crippen LogP contribution in [0, 0.1) is 0 Å². The van der Waals surface area contributed by atoms with Gasteiger partial charge >= 0.3 is 11.9 Å². The van der Waals surface area contributed by atoms with Crippen LogP contribution in [0.15, 0.2) is 0 Å². The second-order valence-corrected chi connectivity index (χ2v) is 3.57. The molecule has 0 bridgehead atoms. The van der Waals surface area contributed by atoms with E-state index in [9.17, 15) is 9.59 Å². The van der Waals surface area contributed by atoms with Crippen LogP contribution >= 0.6 is 0 Å². The molecule has 4 nitrogen and oxygen atoms in total. The first-order valence-corrected chi connectivity index (χ1v) is 4.78. The molecule has 0 aromatic rings. The van der Waals surface area contributed by atoms with Gasteiger partial charge in [0.2, 0.25) is 0 Å². The van der Waals surface area contributed by atoms with Gasteiger partial charge in [0.05, 0.1) is 13.0 Å². The van der Waals surface area contributed by atoms with E-state index >= 15 is 0 Å². The maximum absolute atomic E-state index is 11.1. The van der Waals surface area contributed by atoms with E-state index in [2.05, 4.69) is 0 Å². The summed E-state index contributed by atoms with van der Waals surface area (Å²) in [5.41, 5.74) is -0.778. The van der Waals surface area contributed by atoms with E-state index in [-0.39, 0.29) is 18.4 Å². The fraction of sp³-hybridized carbons (Fsp3) is 0.800. The summed E-state index contributed by atoms with van der Waals surface area (Å²) in [5, 5.41) is 0. The van der Waals surface area contributed by atoms with Crippen molar-refractivity contribution in [1.29, 1.82) is 0 Å². The molecule has 82 valence electrons. The predicted molar refractivity (Wildman–Crippen MR) is 51.7 cm³/mol.